The molecular formula is C13H16F3N3O2. The molecule has 1 fully saturated rings. The van der Waals surface area contributed by atoms with E-state index in [2.05, 4.69) is 5.32 Å². The lowest BCUT2D eigenvalue weighted by molar-refractivity contribution is -0.388. The van der Waals surface area contributed by atoms with E-state index in [1.807, 2.05) is 11.9 Å². The van der Waals surface area contributed by atoms with Gasteiger partial charge in [0, 0.05) is 24.8 Å². The molecule has 0 aromatic heterocycles. The fourth-order valence-corrected chi connectivity index (χ4v) is 2.63. The van der Waals surface area contributed by atoms with Gasteiger partial charge in [-0.2, -0.15) is 13.2 Å². The summed E-state index contributed by atoms with van der Waals surface area (Å²) in [4.78, 5) is 11.6. The SMILES string of the molecule is CNCC1CCN(c2ccc([N+](=O)[O-])c(C(F)(F)F)c2)C1. The van der Waals surface area contributed by atoms with Gasteiger partial charge in [-0.3, -0.25) is 10.1 Å². The number of rotatable bonds is 4. The smallest absolute Gasteiger partial charge is 0.371 e. The second kappa shape index (κ2) is 5.88. The molecule has 0 radical (unpaired) electrons. The van der Waals surface area contributed by atoms with E-state index in [1.54, 1.807) is 0 Å². The Balaban J connectivity index is 2.29. The summed E-state index contributed by atoms with van der Waals surface area (Å²) >= 11 is 0. The third-order valence-electron chi connectivity index (χ3n) is 3.63. The minimum atomic E-state index is -4.73. The van der Waals surface area contributed by atoms with Crippen LogP contribution in [0.5, 0.6) is 0 Å². The van der Waals surface area contributed by atoms with Crippen molar-refractivity contribution in [3.8, 4) is 0 Å². The van der Waals surface area contributed by atoms with Crippen LogP contribution in [-0.4, -0.2) is 31.6 Å². The van der Waals surface area contributed by atoms with Crippen molar-refractivity contribution >= 4 is 11.4 Å². The van der Waals surface area contributed by atoms with Gasteiger partial charge < -0.3 is 10.2 Å². The summed E-state index contributed by atoms with van der Waals surface area (Å²) in [5, 5.41) is 13.8. The summed E-state index contributed by atoms with van der Waals surface area (Å²) in [5.41, 5.74) is -1.72. The van der Waals surface area contributed by atoms with E-state index in [0.29, 0.717) is 24.7 Å². The minimum absolute atomic E-state index is 0.375. The van der Waals surface area contributed by atoms with Gasteiger partial charge >= 0.3 is 6.18 Å². The predicted octanol–water partition coefficient (Wildman–Crippen LogP) is 2.66. The molecule has 1 atom stereocenters. The zero-order chi connectivity index (χ0) is 15.6. The van der Waals surface area contributed by atoms with Gasteiger partial charge in [0.05, 0.1) is 4.92 Å². The van der Waals surface area contributed by atoms with Crippen molar-refractivity contribution in [1.29, 1.82) is 0 Å². The number of anilines is 1. The molecule has 0 saturated carbocycles. The maximum Gasteiger partial charge on any atom is 0.423 e. The molecule has 0 bridgehead atoms. The maximum atomic E-state index is 12.9. The Morgan fingerprint density at radius 1 is 1.48 bits per heavy atom. The molecule has 0 amide bonds. The van der Waals surface area contributed by atoms with E-state index in [1.165, 1.54) is 6.07 Å². The zero-order valence-corrected chi connectivity index (χ0v) is 11.5. The third-order valence-corrected chi connectivity index (χ3v) is 3.63. The van der Waals surface area contributed by atoms with E-state index in [-0.39, 0.29) is 0 Å². The van der Waals surface area contributed by atoms with Crippen LogP contribution in [0.3, 0.4) is 0 Å². The largest absolute Gasteiger partial charge is 0.423 e. The molecule has 1 aromatic rings. The summed E-state index contributed by atoms with van der Waals surface area (Å²) in [6, 6.07) is 3.19. The number of nitrogens with one attached hydrogen (secondary N) is 1. The first-order valence-electron chi connectivity index (χ1n) is 6.58. The van der Waals surface area contributed by atoms with Crippen LogP contribution in [0.1, 0.15) is 12.0 Å². The number of halogens is 3. The van der Waals surface area contributed by atoms with Crippen LogP contribution in [0.2, 0.25) is 0 Å². The van der Waals surface area contributed by atoms with Gasteiger partial charge in [0.25, 0.3) is 5.69 Å². The topological polar surface area (TPSA) is 58.4 Å². The molecule has 1 heterocycles. The highest BCUT2D eigenvalue weighted by Crippen LogP contribution is 2.39. The van der Waals surface area contributed by atoms with Crippen LogP contribution in [0.25, 0.3) is 0 Å². The lowest BCUT2D eigenvalue weighted by atomic mass is 10.1. The van der Waals surface area contributed by atoms with Crippen molar-refractivity contribution in [1.82, 2.24) is 5.32 Å². The molecule has 1 N–H and O–H groups in total. The first-order valence-corrected chi connectivity index (χ1v) is 6.58. The molecule has 1 aromatic carbocycles. The average molecular weight is 303 g/mol. The van der Waals surface area contributed by atoms with Gasteiger partial charge in [-0.1, -0.05) is 0 Å². The number of nitro benzene ring substituents is 1. The molecular weight excluding hydrogens is 287 g/mol. The molecule has 1 unspecified atom stereocenters. The highest BCUT2D eigenvalue weighted by atomic mass is 19.4. The van der Waals surface area contributed by atoms with Gasteiger partial charge in [0.2, 0.25) is 0 Å². The molecule has 0 spiro atoms. The summed E-state index contributed by atoms with van der Waals surface area (Å²) in [5.74, 6) is 0.375. The van der Waals surface area contributed by atoms with Crippen molar-refractivity contribution in [3.05, 3.63) is 33.9 Å². The predicted molar refractivity (Wildman–Crippen MR) is 72.3 cm³/mol. The third kappa shape index (κ3) is 3.44. The van der Waals surface area contributed by atoms with Crippen LogP contribution < -0.4 is 10.2 Å². The van der Waals surface area contributed by atoms with Crippen LogP contribution in [0, 0.1) is 16.0 Å². The van der Waals surface area contributed by atoms with Crippen LogP contribution >= 0.6 is 0 Å². The monoisotopic (exact) mass is 303 g/mol. The first-order chi connectivity index (χ1) is 9.82. The molecule has 1 aliphatic heterocycles. The Morgan fingerprint density at radius 2 is 2.19 bits per heavy atom. The Morgan fingerprint density at radius 3 is 2.76 bits per heavy atom. The Hall–Kier alpha value is -1.83. The van der Waals surface area contributed by atoms with E-state index in [0.717, 1.165) is 25.1 Å². The van der Waals surface area contributed by atoms with Gasteiger partial charge in [-0.05, 0) is 38.1 Å². The van der Waals surface area contributed by atoms with E-state index >= 15 is 0 Å². The van der Waals surface area contributed by atoms with Crippen LogP contribution in [-0.2, 0) is 6.18 Å². The van der Waals surface area contributed by atoms with Crippen molar-refractivity contribution in [2.24, 2.45) is 5.92 Å². The van der Waals surface area contributed by atoms with Crippen molar-refractivity contribution < 1.29 is 18.1 Å². The van der Waals surface area contributed by atoms with Gasteiger partial charge in [0.1, 0.15) is 5.56 Å². The van der Waals surface area contributed by atoms with E-state index in [4.69, 9.17) is 0 Å². The molecule has 0 aliphatic carbocycles. The Kier molecular flexibility index (Phi) is 4.36. The highest BCUT2D eigenvalue weighted by Gasteiger charge is 2.39. The van der Waals surface area contributed by atoms with Crippen LogP contribution in [0.4, 0.5) is 24.5 Å². The number of hydrogen-bond donors (Lipinski definition) is 1. The number of hydrogen-bond acceptors (Lipinski definition) is 4. The summed E-state index contributed by atoms with van der Waals surface area (Å²) in [6.45, 7) is 2.10. The maximum absolute atomic E-state index is 12.9. The van der Waals surface area contributed by atoms with E-state index in [9.17, 15) is 23.3 Å². The second-order valence-corrected chi connectivity index (χ2v) is 5.11. The summed E-state index contributed by atoms with van der Waals surface area (Å²) in [6.07, 6.45) is -3.85. The number of nitro groups is 1. The number of nitrogens with zero attached hydrogens (tertiary/aromatic N) is 2. The molecule has 1 saturated heterocycles. The Labute approximate surface area is 119 Å². The fourth-order valence-electron chi connectivity index (χ4n) is 2.63. The first kappa shape index (κ1) is 15.6. The van der Waals surface area contributed by atoms with Gasteiger partial charge in [0.15, 0.2) is 0 Å². The molecule has 21 heavy (non-hydrogen) atoms. The number of benzene rings is 1. The van der Waals surface area contributed by atoms with Crippen molar-refractivity contribution in [3.63, 3.8) is 0 Å². The molecule has 8 heteroatoms. The van der Waals surface area contributed by atoms with Crippen molar-refractivity contribution in [2.45, 2.75) is 12.6 Å². The van der Waals surface area contributed by atoms with E-state index < -0.39 is 22.4 Å². The molecule has 116 valence electrons. The zero-order valence-electron chi connectivity index (χ0n) is 11.5. The van der Waals surface area contributed by atoms with Crippen molar-refractivity contribution in [2.75, 3.05) is 31.6 Å². The number of alkyl halides is 3. The fraction of sp³-hybridized carbons (Fsp3) is 0.538. The van der Waals surface area contributed by atoms with Gasteiger partial charge in [-0.15, -0.1) is 0 Å². The standard InChI is InChI=1S/C13H16F3N3O2/c1-17-7-9-4-5-18(8-9)10-2-3-12(19(20)21)11(6-10)13(14,15)16/h2-3,6,9,17H,4-5,7-8H2,1H3. The van der Waals surface area contributed by atoms with Gasteiger partial charge in [-0.25, -0.2) is 0 Å². The molecule has 1 aliphatic rings. The Bertz CT molecular complexity index is 534. The molecule has 2 rings (SSSR count). The lowest BCUT2D eigenvalue weighted by Gasteiger charge is -2.20. The quantitative estimate of drug-likeness (QED) is 0.686. The average Bonchev–Trinajstić information content (AvgIpc) is 2.86. The normalized spacial score (nSPS) is 19.0. The molecule has 5 nitrogen and oxygen atoms in total. The lowest BCUT2D eigenvalue weighted by Crippen LogP contribution is -2.24. The second-order valence-electron chi connectivity index (χ2n) is 5.11. The highest BCUT2D eigenvalue weighted by molar-refractivity contribution is 5.57. The van der Waals surface area contributed by atoms with Crippen LogP contribution in [0.15, 0.2) is 18.2 Å². The summed E-state index contributed by atoms with van der Waals surface area (Å²) < 4.78 is 38.8. The summed E-state index contributed by atoms with van der Waals surface area (Å²) in [7, 11) is 1.83. The minimum Gasteiger partial charge on any atom is -0.371 e.